The summed E-state index contributed by atoms with van der Waals surface area (Å²) in [5.41, 5.74) is 0.997. The number of oxime groups is 1. The van der Waals surface area contributed by atoms with Crippen molar-refractivity contribution in [3.05, 3.63) is 35.9 Å². The van der Waals surface area contributed by atoms with Crippen LogP contribution in [0, 0.1) is 0 Å². The highest BCUT2D eigenvalue weighted by Gasteiger charge is 2.13. The minimum Gasteiger partial charge on any atom is -0.456 e. The second-order valence-electron chi connectivity index (χ2n) is 3.71. The van der Waals surface area contributed by atoms with Crippen LogP contribution >= 0.6 is 0 Å². The molecular weight excluding hydrogens is 218 g/mol. The first kappa shape index (κ1) is 13.2. The summed E-state index contributed by atoms with van der Waals surface area (Å²) in [4.78, 5) is 11.5. The van der Waals surface area contributed by atoms with Crippen molar-refractivity contribution < 1.29 is 14.7 Å². The minimum absolute atomic E-state index is 0.0859. The van der Waals surface area contributed by atoms with Gasteiger partial charge in [-0.2, -0.15) is 0 Å². The topological polar surface area (TPSA) is 58.9 Å². The van der Waals surface area contributed by atoms with Crippen LogP contribution in [0.15, 0.2) is 35.5 Å². The Morgan fingerprint density at radius 2 is 2.06 bits per heavy atom. The molecule has 0 saturated heterocycles. The Morgan fingerprint density at radius 1 is 1.35 bits per heavy atom. The lowest BCUT2D eigenvalue weighted by molar-refractivity contribution is -0.137. The standard InChI is InChI=1S/C13H17NO3/c1-2-3-9-12(14-16)13(15)17-10-11-7-5-4-6-8-11/h4-8,16H,2-3,9-10H2,1H3. The van der Waals surface area contributed by atoms with Crippen LogP contribution in [-0.4, -0.2) is 16.9 Å². The molecule has 0 fully saturated rings. The third-order valence-electron chi connectivity index (χ3n) is 2.34. The molecular formula is C13H17NO3. The Morgan fingerprint density at radius 3 is 2.65 bits per heavy atom. The van der Waals surface area contributed by atoms with Gasteiger partial charge in [-0.25, -0.2) is 4.79 Å². The van der Waals surface area contributed by atoms with Crippen LogP contribution in [-0.2, 0) is 16.1 Å². The molecule has 1 aromatic rings. The van der Waals surface area contributed by atoms with E-state index in [1.807, 2.05) is 37.3 Å². The Kier molecular flexibility index (Phi) is 5.79. The van der Waals surface area contributed by atoms with Crippen LogP contribution < -0.4 is 0 Å². The van der Waals surface area contributed by atoms with Gasteiger partial charge in [0, 0.05) is 6.42 Å². The third kappa shape index (κ3) is 4.68. The average molecular weight is 235 g/mol. The van der Waals surface area contributed by atoms with Crippen molar-refractivity contribution in [2.75, 3.05) is 0 Å². The molecule has 4 heteroatoms. The molecule has 92 valence electrons. The highest BCUT2D eigenvalue weighted by atomic mass is 16.5. The van der Waals surface area contributed by atoms with E-state index in [2.05, 4.69) is 5.16 Å². The zero-order valence-electron chi connectivity index (χ0n) is 9.93. The highest BCUT2D eigenvalue weighted by molar-refractivity contribution is 6.36. The summed E-state index contributed by atoms with van der Waals surface area (Å²) in [6.07, 6.45) is 2.19. The lowest BCUT2D eigenvalue weighted by Crippen LogP contribution is -2.17. The molecule has 0 heterocycles. The summed E-state index contributed by atoms with van der Waals surface area (Å²) >= 11 is 0. The van der Waals surface area contributed by atoms with E-state index in [1.54, 1.807) is 0 Å². The van der Waals surface area contributed by atoms with E-state index < -0.39 is 5.97 Å². The summed E-state index contributed by atoms with van der Waals surface area (Å²) in [6, 6.07) is 9.39. The third-order valence-corrected chi connectivity index (χ3v) is 2.34. The number of carbonyl (C=O) groups is 1. The van der Waals surface area contributed by atoms with Crippen molar-refractivity contribution in [1.82, 2.24) is 0 Å². The fraction of sp³-hybridized carbons (Fsp3) is 0.385. The predicted molar refractivity (Wildman–Crippen MR) is 65.0 cm³/mol. The van der Waals surface area contributed by atoms with Gasteiger partial charge >= 0.3 is 5.97 Å². The first-order chi connectivity index (χ1) is 8.27. The van der Waals surface area contributed by atoms with Gasteiger partial charge in [0.25, 0.3) is 0 Å². The minimum atomic E-state index is -0.551. The van der Waals surface area contributed by atoms with Crippen molar-refractivity contribution in [2.24, 2.45) is 5.16 Å². The van der Waals surface area contributed by atoms with Crippen molar-refractivity contribution in [1.29, 1.82) is 0 Å². The number of rotatable bonds is 6. The maximum atomic E-state index is 11.5. The number of benzene rings is 1. The molecule has 1 rings (SSSR count). The van der Waals surface area contributed by atoms with Crippen LogP contribution in [0.1, 0.15) is 31.7 Å². The van der Waals surface area contributed by atoms with Crippen LogP contribution in [0.25, 0.3) is 0 Å². The summed E-state index contributed by atoms with van der Waals surface area (Å²) in [6.45, 7) is 2.20. The predicted octanol–water partition coefficient (Wildman–Crippen LogP) is 2.75. The number of esters is 1. The Balaban J connectivity index is 2.43. The molecule has 0 unspecified atom stereocenters. The average Bonchev–Trinajstić information content (AvgIpc) is 2.38. The van der Waals surface area contributed by atoms with E-state index in [0.29, 0.717) is 6.42 Å². The lowest BCUT2D eigenvalue weighted by Gasteiger charge is -2.05. The molecule has 0 radical (unpaired) electrons. The number of nitrogens with zero attached hydrogens (tertiary/aromatic N) is 1. The van der Waals surface area contributed by atoms with E-state index in [0.717, 1.165) is 18.4 Å². The molecule has 0 bridgehead atoms. The molecule has 0 aromatic heterocycles. The molecule has 4 nitrogen and oxygen atoms in total. The SMILES string of the molecule is CCCCC(=NO)C(=O)OCc1ccccc1. The van der Waals surface area contributed by atoms with Gasteiger partial charge in [0.05, 0.1) is 0 Å². The molecule has 0 amide bonds. The fourth-order valence-corrected chi connectivity index (χ4v) is 1.34. The van der Waals surface area contributed by atoms with Gasteiger partial charge in [-0.3, -0.25) is 0 Å². The summed E-state index contributed by atoms with van der Waals surface area (Å²) in [5.74, 6) is -0.551. The van der Waals surface area contributed by atoms with Gasteiger partial charge in [0.1, 0.15) is 6.61 Å². The van der Waals surface area contributed by atoms with Crippen LogP contribution in [0.5, 0.6) is 0 Å². The number of hydrogen-bond donors (Lipinski definition) is 1. The van der Waals surface area contributed by atoms with E-state index >= 15 is 0 Å². The monoisotopic (exact) mass is 235 g/mol. The van der Waals surface area contributed by atoms with Gasteiger partial charge in [-0.05, 0) is 12.0 Å². The molecule has 0 atom stereocenters. The van der Waals surface area contributed by atoms with Crippen molar-refractivity contribution in [3.8, 4) is 0 Å². The molecule has 0 saturated carbocycles. The molecule has 1 aromatic carbocycles. The smallest absolute Gasteiger partial charge is 0.356 e. The van der Waals surface area contributed by atoms with Gasteiger partial charge in [0.15, 0.2) is 5.71 Å². The maximum absolute atomic E-state index is 11.5. The summed E-state index contributed by atoms with van der Waals surface area (Å²) < 4.78 is 5.05. The van der Waals surface area contributed by atoms with Gasteiger partial charge in [0.2, 0.25) is 0 Å². The second kappa shape index (κ2) is 7.44. The Labute approximate surface area is 101 Å². The lowest BCUT2D eigenvalue weighted by atomic mass is 10.2. The van der Waals surface area contributed by atoms with Crippen LogP contribution in [0.4, 0.5) is 0 Å². The van der Waals surface area contributed by atoms with E-state index in [4.69, 9.17) is 9.94 Å². The highest BCUT2D eigenvalue weighted by Crippen LogP contribution is 2.04. The number of carbonyl (C=O) groups excluding carboxylic acids is 1. The summed E-state index contributed by atoms with van der Waals surface area (Å²) in [5, 5.41) is 11.7. The second-order valence-corrected chi connectivity index (χ2v) is 3.71. The quantitative estimate of drug-likeness (QED) is 0.357. The van der Waals surface area contributed by atoms with Gasteiger partial charge in [-0.1, -0.05) is 48.8 Å². The van der Waals surface area contributed by atoms with Crippen molar-refractivity contribution in [2.45, 2.75) is 32.8 Å². The Bertz CT molecular complexity index is 374. The molecule has 17 heavy (non-hydrogen) atoms. The van der Waals surface area contributed by atoms with Crippen molar-refractivity contribution in [3.63, 3.8) is 0 Å². The van der Waals surface area contributed by atoms with Crippen LogP contribution in [0.3, 0.4) is 0 Å². The molecule has 0 aliphatic heterocycles. The largest absolute Gasteiger partial charge is 0.456 e. The van der Waals surface area contributed by atoms with E-state index in [1.165, 1.54) is 0 Å². The number of ether oxygens (including phenoxy) is 1. The zero-order valence-corrected chi connectivity index (χ0v) is 9.93. The van der Waals surface area contributed by atoms with Gasteiger partial charge in [-0.15, -0.1) is 0 Å². The number of unbranched alkanes of at least 4 members (excludes halogenated alkanes) is 1. The van der Waals surface area contributed by atoms with Crippen molar-refractivity contribution >= 4 is 11.7 Å². The van der Waals surface area contributed by atoms with E-state index in [-0.39, 0.29) is 12.3 Å². The molecule has 1 N–H and O–H groups in total. The first-order valence-corrected chi connectivity index (χ1v) is 5.70. The summed E-state index contributed by atoms with van der Waals surface area (Å²) in [7, 11) is 0. The molecule has 0 aliphatic carbocycles. The van der Waals surface area contributed by atoms with Gasteiger partial charge < -0.3 is 9.94 Å². The van der Waals surface area contributed by atoms with E-state index in [9.17, 15) is 4.79 Å². The normalized spacial score (nSPS) is 11.2. The Hall–Kier alpha value is -1.84. The maximum Gasteiger partial charge on any atom is 0.356 e. The fourth-order valence-electron chi connectivity index (χ4n) is 1.34. The first-order valence-electron chi connectivity index (χ1n) is 5.70. The molecule has 0 aliphatic rings. The zero-order chi connectivity index (χ0) is 12.5. The molecule has 0 spiro atoms. The van der Waals surface area contributed by atoms with Crippen LogP contribution in [0.2, 0.25) is 0 Å². The number of hydrogen-bond acceptors (Lipinski definition) is 4.